The van der Waals surface area contributed by atoms with E-state index in [1.54, 1.807) is 0 Å². The van der Waals surface area contributed by atoms with Gasteiger partial charge in [0.25, 0.3) is 0 Å². The lowest BCUT2D eigenvalue weighted by molar-refractivity contribution is -0.137. The molecule has 1 unspecified atom stereocenters. The minimum absolute atomic E-state index is 0.0359. The Morgan fingerprint density at radius 2 is 1.89 bits per heavy atom. The van der Waals surface area contributed by atoms with Gasteiger partial charge in [0.1, 0.15) is 6.10 Å². The average molecular weight is 398 g/mol. The zero-order chi connectivity index (χ0) is 20.1. The zero-order valence-corrected chi connectivity index (χ0v) is 15.9. The van der Waals surface area contributed by atoms with Crippen LogP contribution in [0.25, 0.3) is 0 Å². The van der Waals surface area contributed by atoms with Gasteiger partial charge in [0, 0.05) is 32.2 Å². The quantitative estimate of drug-likeness (QED) is 0.639. The first-order chi connectivity index (χ1) is 13.4. The van der Waals surface area contributed by atoms with Gasteiger partial charge in [-0.15, -0.1) is 0 Å². The lowest BCUT2D eigenvalue weighted by atomic mass is 9.82. The van der Waals surface area contributed by atoms with E-state index in [-0.39, 0.29) is 18.6 Å². The van der Waals surface area contributed by atoms with Gasteiger partial charge in [-0.2, -0.15) is 18.4 Å². The highest BCUT2D eigenvalue weighted by molar-refractivity contribution is 5.44. The molecule has 3 atom stereocenters. The van der Waals surface area contributed by atoms with Gasteiger partial charge in [-0.1, -0.05) is 6.42 Å². The molecule has 2 fully saturated rings. The van der Waals surface area contributed by atoms with Crippen LogP contribution in [0.1, 0.15) is 44.1 Å². The fourth-order valence-corrected chi connectivity index (χ4v) is 4.27. The summed E-state index contributed by atoms with van der Waals surface area (Å²) in [7, 11) is 1.41. The molecule has 8 heteroatoms. The Bertz CT molecular complexity index is 691. The monoisotopic (exact) mass is 398 g/mol. The maximum Gasteiger partial charge on any atom is 0.416 e. The van der Waals surface area contributed by atoms with Gasteiger partial charge in [0.05, 0.1) is 11.6 Å². The normalized spacial score (nSPS) is 25.2. The molecular weight excluding hydrogens is 373 g/mol. The molecule has 2 heterocycles. The first kappa shape index (κ1) is 20.7. The highest BCUT2D eigenvalue weighted by Gasteiger charge is 2.39. The summed E-state index contributed by atoms with van der Waals surface area (Å²) in [5.41, 5.74) is -0.783. The summed E-state index contributed by atoms with van der Waals surface area (Å²) < 4.78 is 55.4. The van der Waals surface area contributed by atoms with Crippen LogP contribution in [-0.2, 0) is 10.9 Å². The van der Waals surface area contributed by atoms with Crippen molar-refractivity contribution in [3.63, 3.8) is 0 Å². The minimum atomic E-state index is -4.45. The summed E-state index contributed by atoms with van der Waals surface area (Å²) in [6.07, 6.45) is 0.839. The summed E-state index contributed by atoms with van der Waals surface area (Å²) in [6, 6.07) is 6.20. The van der Waals surface area contributed by atoms with Crippen LogP contribution in [0.15, 0.2) is 18.2 Å². The SMILES string of the molecule is COCOc1cc(C(F)(F)F)ccc1OC1C[C@H]2CCC[C@@H](C1)N2CCC#N. The molecule has 0 aliphatic carbocycles. The third-order valence-corrected chi connectivity index (χ3v) is 5.46. The van der Waals surface area contributed by atoms with Gasteiger partial charge in [-0.3, -0.25) is 4.90 Å². The predicted molar refractivity (Wildman–Crippen MR) is 96.0 cm³/mol. The van der Waals surface area contributed by atoms with Crippen LogP contribution in [0.5, 0.6) is 11.5 Å². The molecule has 1 aromatic carbocycles. The number of hydrogen-bond acceptors (Lipinski definition) is 5. The fraction of sp³-hybridized carbons (Fsp3) is 0.650. The number of benzene rings is 1. The van der Waals surface area contributed by atoms with Gasteiger partial charge >= 0.3 is 6.18 Å². The Morgan fingerprint density at radius 1 is 1.18 bits per heavy atom. The number of halogens is 3. The van der Waals surface area contributed by atoms with Crippen LogP contribution in [0.2, 0.25) is 0 Å². The first-order valence-electron chi connectivity index (χ1n) is 9.54. The molecule has 0 saturated carbocycles. The van der Waals surface area contributed by atoms with Crippen molar-refractivity contribution >= 4 is 0 Å². The second-order valence-electron chi connectivity index (χ2n) is 7.31. The van der Waals surface area contributed by atoms with Crippen LogP contribution in [0.3, 0.4) is 0 Å². The molecule has 0 amide bonds. The lowest BCUT2D eigenvalue weighted by Crippen LogP contribution is -2.54. The van der Waals surface area contributed by atoms with Crippen molar-refractivity contribution in [2.45, 2.75) is 62.9 Å². The van der Waals surface area contributed by atoms with Crippen molar-refractivity contribution in [2.75, 3.05) is 20.4 Å². The largest absolute Gasteiger partial charge is 0.486 e. The third kappa shape index (κ3) is 4.89. The van der Waals surface area contributed by atoms with Crippen molar-refractivity contribution < 1.29 is 27.4 Å². The molecule has 0 N–H and O–H groups in total. The summed E-state index contributed by atoms with van der Waals surface area (Å²) >= 11 is 0. The molecule has 5 nitrogen and oxygen atoms in total. The summed E-state index contributed by atoms with van der Waals surface area (Å²) in [4.78, 5) is 2.40. The zero-order valence-electron chi connectivity index (χ0n) is 15.9. The van der Waals surface area contributed by atoms with Gasteiger partial charge in [0.15, 0.2) is 18.3 Å². The number of hydrogen-bond donors (Lipinski definition) is 0. The summed E-state index contributed by atoms with van der Waals surface area (Å²) in [6.45, 7) is 0.608. The molecule has 154 valence electrons. The van der Waals surface area contributed by atoms with E-state index < -0.39 is 11.7 Å². The van der Waals surface area contributed by atoms with E-state index in [9.17, 15) is 13.2 Å². The highest BCUT2D eigenvalue weighted by atomic mass is 19.4. The molecule has 2 saturated heterocycles. The second kappa shape index (κ2) is 9.01. The van der Waals surface area contributed by atoms with Crippen molar-refractivity contribution in [1.82, 2.24) is 4.90 Å². The van der Waals surface area contributed by atoms with Crippen molar-refractivity contribution in [2.24, 2.45) is 0 Å². The Labute approximate surface area is 163 Å². The maximum absolute atomic E-state index is 13.0. The lowest BCUT2D eigenvalue weighted by Gasteiger charge is -2.48. The molecule has 0 spiro atoms. The fourth-order valence-electron chi connectivity index (χ4n) is 4.27. The number of alkyl halides is 3. The van der Waals surface area contributed by atoms with E-state index in [1.807, 2.05) is 0 Å². The van der Waals surface area contributed by atoms with Crippen LogP contribution < -0.4 is 9.47 Å². The first-order valence-corrected chi connectivity index (χ1v) is 9.54. The number of fused-ring (bicyclic) bond motifs is 2. The van der Waals surface area contributed by atoms with E-state index in [0.29, 0.717) is 24.3 Å². The van der Waals surface area contributed by atoms with Crippen LogP contribution in [0, 0.1) is 11.3 Å². The second-order valence-corrected chi connectivity index (χ2v) is 7.31. The van der Waals surface area contributed by atoms with Gasteiger partial charge in [-0.05, 0) is 43.9 Å². The molecule has 1 aromatic rings. The van der Waals surface area contributed by atoms with Crippen molar-refractivity contribution in [3.05, 3.63) is 23.8 Å². The molecular formula is C20H25F3N2O3. The Morgan fingerprint density at radius 3 is 2.50 bits per heavy atom. The van der Waals surface area contributed by atoms with Gasteiger partial charge < -0.3 is 14.2 Å². The third-order valence-electron chi connectivity index (χ3n) is 5.46. The van der Waals surface area contributed by atoms with Crippen molar-refractivity contribution in [1.29, 1.82) is 5.26 Å². The van der Waals surface area contributed by atoms with Gasteiger partial charge in [-0.25, -0.2) is 0 Å². The number of nitrogens with zero attached hydrogens (tertiary/aromatic N) is 2. The van der Waals surface area contributed by atoms with E-state index >= 15 is 0 Å². The Hall–Kier alpha value is -1.98. The number of piperidine rings is 2. The Balaban J connectivity index is 1.73. The summed E-state index contributed by atoms with van der Waals surface area (Å²) in [5, 5.41) is 8.88. The highest BCUT2D eigenvalue weighted by Crippen LogP contribution is 2.40. The van der Waals surface area contributed by atoms with E-state index in [0.717, 1.165) is 50.8 Å². The average Bonchev–Trinajstić information content (AvgIpc) is 2.64. The van der Waals surface area contributed by atoms with Crippen molar-refractivity contribution in [3.8, 4) is 17.6 Å². The van der Waals surface area contributed by atoms with Crippen LogP contribution >= 0.6 is 0 Å². The standard InChI is InChI=1S/C20H25F3N2O3/c1-26-13-27-19-10-14(20(21,22)23)6-7-18(19)28-17-11-15-4-2-5-16(12-17)25(15)9-3-8-24/h6-7,10,15-17H,2-5,9,11-13H2,1H3/t15-,16+,17?. The minimum Gasteiger partial charge on any atom is -0.486 e. The predicted octanol–water partition coefficient (Wildman–Crippen LogP) is 4.37. The van der Waals surface area contributed by atoms with E-state index in [2.05, 4.69) is 11.0 Å². The molecule has 0 aromatic heterocycles. The number of ether oxygens (including phenoxy) is 3. The smallest absolute Gasteiger partial charge is 0.416 e. The van der Waals surface area contributed by atoms with Gasteiger partial charge in [0.2, 0.25) is 0 Å². The molecule has 3 rings (SSSR count). The topological polar surface area (TPSA) is 54.7 Å². The summed E-state index contributed by atoms with van der Waals surface area (Å²) in [5.74, 6) is 0.340. The molecule has 2 aliphatic heterocycles. The molecule has 2 bridgehead atoms. The molecule has 0 radical (unpaired) electrons. The van der Waals surface area contributed by atoms with Crippen LogP contribution in [-0.4, -0.2) is 43.5 Å². The van der Waals surface area contributed by atoms with E-state index in [4.69, 9.17) is 19.5 Å². The molecule has 2 aliphatic rings. The Kier molecular flexibility index (Phi) is 6.68. The number of nitriles is 1. The van der Waals surface area contributed by atoms with Crippen LogP contribution in [0.4, 0.5) is 13.2 Å². The maximum atomic E-state index is 13.0. The number of rotatable bonds is 7. The van der Waals surface area contributed by atoms with E-state index in [1.165, 1.54) is 13.2 Å². The number of methoxy groups -OCH3 is 1. The molecule has 28 heavy (non-hydrogen) atoms.